The molecule has 1 N–H and O–H groups in total. The van der Waals surface area contributed by atoms with E-state index in [1.54, 1.807) is 27.2 Å². The van der Waals surface area contributed by atoms with Crippen molar-refractivity contribution >= 4 is 66.2 Å². The molecule has 4 rings (SSSR count). The maximum atomic E-state index is 12.7. The summed E-state index contributed by atoms with van der Waals surface area (Å²) in [5.41, 5.74) is 0. The summed E-state index contributed by atoms with van der Waals surface area (Å²) in [6, 6.07) is 11.0. The van der Waals surface area contributed by atoms with Gasteiger partial charge in [-0.3, -0.25) is 19.2 Å². The Morgan fingerprint density at radius 1 is 0.682 bits per heavy atom. The molecule has 0 amide bonds. The zero-order valence-electron chi connectivity index (χ0n) is 25.4. The van der Waals surface area contributed by atoms with Crippen molar-refractivity contribution in [1.29, 1.82) is 0 Å². The van der Waals surface area contributed by atoms with Crippen molar-refractivity contribution in [3.8, 4) is 23.0 Å². The average Bonchev–Trinajstić information content (AvgIpc) is 3.61. The number of hydrogen-bond acceptors (Lipinski definition) is 10. The van der Waals surface area contributed by atoms with Crippen LogP contribution in [0.25, 0.3) is 20.2 Å². The van der Waals surface area contributed by atoms with Crippen molar-refractivity contribution in [2.45, 2.75) is 46.5 Å². The standard InChI is InChI=1S/C33H36O9S2/c1-18(20(3)34)10-23(35)31-14-21-12-25(39-4)27(16-29(21)43-31)41-8-6-7-9-42-28-17-30-22(13-26(28)40-5)15-32(44-30)24(36)11-19(2)33(37)38/h12-19H,6-11H2,1-5H3,(H,37,38)/t18-,19-/m0/s1. The Bertz CT molecular complexity index is 1560. The van der Waals surface area contributed by atoms with Gasteiger partial charge >= 0.3 is 5.97 Å². The van der Waals surface area contributed by atoms with Crippen molar-refractivity contribution in [3.63, 3.8) is 0 Å². The second kappa shape index (κ2) is 14.7. The summed E-state index contributed by atoms with van der Waals surface area (Å²) >= 11 is 2.69. The van der Waals surface area contributed by atoms with Crippen molar-refractivity contribution in [3.05, 3.63) is 46.2 Å². The van der Waals surface area contributed by atoms with E-state index in [-0.39, 0.29) is 36.1 Å². The number of aliphatic carboxylic acids is 1. The van der Waals surface area contributed by atoms with Gasteiger partial charge in [0.1, 0.15) is 5.78 Å². The van der Waals surface area contributed by atoms with E-state index in [4.69, 9.17) is 24.1 Å². The van der Waals surface area contributed by atoms with Crippen molar-refractivity contribution in [2.75, 3.05) is 27.4 Å². The van der Waals surface area contributed by atoms with Gasteiger partial charge in [0.05, 0.1) is 43.1 Å². The highest BCUT2D eigenvalue weighted by molar-refractivity contribution is 7.21. The van der Waals surface area contributed by atoms with Crippen LogP contribution in [0.2, 0.25) is 0 Å². The molecule has 0 bridgehead atoms. The van der Waals surface area contributed by atoms with Crippen LogP contribution in [0.1, 0.15) is 65.8 Å². The van der Waals surface area contributed by atoms with E-state index in [0.29, 0.717) is 58.8 Å². The Balaban J connectivity index is 1.33. The molecule has 0 unspecified atom stereocenters. The monoisotopic (exact) mass is 640 g/mol. The number of benzene rings is 2. The van der Waals surface area contributed by atoms with Gasteiger partial charge in [0.2, 0.25) is 0 Å². The van der Waals surface area contributed by atoms with Gasteiger partial charge in [-0.05, 0) is 54.8 Å². The quantitative estimate of drug-likeness (QED) is 0.0924. The highest BCUT2D eigenvalue weighted by Gasteiger charge is 2.20. The summed E-state index contributed by atoms with van der Waals surface area (Å²) in [7, 11) is 3.13. The van der Waals surface area contributed by atoms with Gasteiger partial charge in [-0.25, -0.2) is 0 Å². The van der Waals surface area contributed by atoms with E-state index in [1.165, 1.54) is 36.5 Å². The maximum absolute atomic E-state index is 12.7. The molecule has 2 aromatic heterocycles. The topological polar surface area (TPSA) is 125 Å². The number of ketones is 3. The third-order valence-electron chi connectivity index (χ3n) is 7.31. The highest BCUT2D eigenvalue weighted by atomic mass is 32.1. The van der Waals surface area contributed by atoms with Crippen molar-refractivity contribution in [1.82, 2.24) is 0 Å². The molecule has 9 nitrogen and oxygen atoms in total. The molecular weight excluding hydrogens is 604 g/mol. The van der Waals surface area contributed by atoms with Crippen LogP contribution < -0.4 is 18.9 Å². The van der Waals surface area contributed by atoms with Crippen LogP contribution in [-0.4, -0.2) is 55.9 Å². The largest absolute Gasteiger partial charge is 0.493 e. The summed E-state index contributed by atoms with van der Waals surface area (Å²) in [5.74, 6) is -0.0347. The number of thiophene rings is 2. The Morgan fingerprint density at radius 2 is 1.11 bits per heavy atom. The van der Waals surface area contributed by atoms with Crippen LogP contribution >= 0.6 is 22.7 Å². The second-order valence-electron chi connectivity index (χ2n) is 10.7. The van der Waals surface area contributed by atoms with E-state index in [9.17, 15) is 19.2 Å². The predicted molar refractivity (Wildman–Crippen MR) is 172 cm³/mol. The number of carbonyl (C=O) groups excluding carboxylic acids is 3. The summed E-state index contributed by atoms with van der Waals surface area (Å²) in [5, 5.41) is 10.8. The lowest BCUT2D eigenvalue weighted by atomic mass is 10.0. The smallest absolute Gasteiger partial charge is 0.306 e. The Morgan fingerprint density at radius 3 is 1.50 bits per heavy atom. The number of hydrogen-bond donors (Lipinski definition) is 1. The first-order chi connectivity index (χ1) is 21.0. The van der Waals surface area contributed by atoms with Crippen molar-refractivity contribution in [2.24, 2.45) is 11.8 Å². The number of carboxylic acid groups (broad SMARTS) is 1. The first-order valence-electron chi connectivity index (χ1n) is 14.3. The number of carbonyl (C=O) groups is 4. The van der Waals surface area contributed by atoms with Crippen LogP contribution in [0.15, 0.2) is 36.4 Å². The summed E-state index contributed by atoms with van der Waals surface area (Å²) < 4.78 is 24.8. The lowest BCUT2D eigenvalue weighted by Crippen LogP contribution is -2.13. The molecule has 0 saturated carbocycles. The molecular formula is C33H36O9S2. The third kappa shape index (κ3) is 7.95. The van der Waals surface area contributed by atoms with Gasteiger partial charge in [0.25, 0.3) is 0 Å². The molecule has 0 aliphatic carbocycles. The maximum Gasteiger partial charge on any atom is 0.306 e. The van der Waals surface area contributed by atoms with Crippen LogP contribution in [0.4, 0.5) is 0 Å². The minimum absolute atomic E-state index is 0.00217. The van der Waals surface area contributed by atoms with E-state index < -0.39 is 11.9 Å². The molecule has 2 atom stereocenters. The highest BCUT2D eigenvalue weighted by Crippen LogP contribution is 2.39. The number of unbranched alkanes of at least 4 members (excludes halogenated alkanes) is 1. The molecule has 2 heterocycles. The number of Topliss-reactive ketones (excluding diaryl/α,β-unsaturated/α-hetero) is 3. The predicted octanol–water partition coefficient (Wildman–Crippen LogP) is 7.46. The normalized spacial score (nSPS) is 12.6. The number of carboxylic acids is 1. The van der Waals surface area contributed by atoms with Gasteiger partial charge in [-0.2, -0.15) is 0 Å². The fraction of sp³-hybridized carbons (Fsp3) is 0.394. The molecule has 0 spiro atoms. The van der Waals surface area contributed by atoms with Gasteiger partial charge in [0.15, 0.2) is 34.6 Å². The Kier molecular flexibility index (Phi) is 11.0. The summed E-state index contributed by atoms with van der Waals surface area (Å²) in [6.45, 7) is 5.63. The third-order valence-corrected chi connectivity index (χ3v) is 9.59. The fourth-order valence-corrected chi connectivity index (χ4v) is 6.51. The minimum atomic E-state index is -0.996. The van der Waals surface area contributed by atoms with Gasteiger partial charge in [0, 0.05) is 40.3 Å². The van der Waals surface area contributed by atoms with Crippen LogP contribution in [-0.2, 0) is 9.59 Å². The van der Waals surface area contributed by atoms with Crippen LogP contribution in [0, 0.1) is 11.8 Å². The van der Waals surface area contributed by atoms with Crippen molar-refractivity contribution < 1.29 is 43.2 Å². The second-order valence-corrected chi connectivity index (χ2v) is 12.9. The van der Waals surface area contributed by atoms with E-state index in [2.05, 4.69) is 0 Å². The minimum Gasteiger partial charge on any atom is -0.493 e. The van der Waals surface area contributed by atoms with Gasteiger partial charge < -0.3 is 24.1 Å². The first kappa shape index (κ1) is 32.9. The molecule has 0 aliphatic rings. The van der Waals surface area contributed by atoms with Gasteiger partial charge in [-0.15, -0.1) is 22.7 Å². The molecule has 0 aliphatic heterocycles. The van der Waals surface area contributed by atoms with E-state index in [1.807, 2.05) is 30.3 Å². The molecule has 0 fully saturated rings. The zero-order chi connectivity index (χ0) is 32.0. The molecule has 234 valence electrons. The summed E-state index contributed by atoms with van der Waals surface area (Å²) in [4.78, 5) is 49.1. The van der Waals surface area contributed by atoms with E-state index >= 15 is 0 Å². The number of methoxy groups -OCH3 is 2. The molecule has 11 heteroatoms. The molecule has 44 heavy (non-hydrogen) atoms. The molecule has 2 aromatic carbocycles. The Hall–Kier alpha value is -3.96. The lowest BCUT2D eigenvalue weighted by Gasteiger charge is -2.12. The zero-order valence-corrected chi connectivity index (χ0v) is 27.0. The molecule has 4 aromatic rings. The Labute approximate surface area is 263 Å². The number of fused-ring (bicyclic) bond motifs is 2. The molecule has 0 saturated heterocycles. The first-order valence-corrected chi connectivity index (χ1v) is 15.9. The number of rotatable bonds is 17. The molecule has 0 radical (unpaired) electrons. The summed E-state index contributed by atoms with van der Waals surface area (Å²) in [6.07, 6.45) is 1.55. The average molecular weight is 641 g/mol. The van der Waals surface area contributed by atoms with Crippen LogP contribution in [0.5, 0.6) is 23.0 Å². The SMILES string of the molecule is COc1cc2cc(C(=O)C[C@H](C)C(C)=O)sc2cc1OCCCCOc1cc2sc(C(=O)C[C@H](C)C(=O)O)cc2cc1OC. The number of ether oxygens (including phenoxy) is 4. The fourth-order valence-electron chi connectivity index (χ4n) is 4.47. The van der Waals surface area contributed by atoms with Crippen LogP contribution in [0.3, 0.4) is 0 Å². The van der Waals surface area contributed by atoms with Gasteiger partial charge in [-0.1, -0.05) is 13.8 Å². The lowest BCUT2D eigenvalue weighted by molar-refractivity contribution is -0.141. The van der Waals surface area contributed by atoms with E-state index in [0.717, 1.165) is 20.2 Å².